The normalized spacial score (nSPS) is 10.7. The molecule has 0 unspecified atom stereocenters. The van der Waals surface area contributed by atoms with E-state index in [2.05, 4.69) is 46.4 Å². The van der Waals surface area contributed by atoms with Gasteiger partial charge in [-0.05, 0) is 22.9 Å². The Kier molecular flexibility index (Phi) is 2.65. The number of aromatic nitrogens is 2. The van der Waals surface area contributed by atoms with Crippen molar-refractivity contribution in [2.45, 2.75) is 0 Å². The number of fused-ring (bicyclic) bond motifs is 2. The lowest BCUT2D eigenvalue weighted by atomic mass is 10.1. The first-order valence-electron chi connectivity index (χ1n) is 5.87. The van der Waals surface area contributed by atoms with Gasteiger partial charge in [-0.1, -0.05) is 30.3 Å². The van der Waals surface area contributed by atoms with Crippen molar-refractivity contribution in [3.8, 4) is 0 Å². The fourth-order valence-electron chi connectivity index (χ4n) is 2.07. The third-order valence-corrected chi connectivity index (χ3v) is 2.94. The molecule has 2 aromatic carbocycles. The Balaban J connectivity index is 2.25. The molecule has 0 saturated carbocycles. The highest BCUT2D eigenvalue weighted by Crippen LogP contribution is 2.25. The lowest BCUT2D eigenvalue weighted by Crippen LogP contribution is -2.02. The molecule has 0 aliphatic carbocycles. The summed E-state index contributed by atoms with van der Waals surface area (Å²) in [4.78, 5) is 0. The van der Waals surface area contributed by atoms with Gasteiger partial charge in [0.2, 0.25) is 0 Å². The second-order valence-corrected chi connectivity index (χ2v) is 4.15. The predicted octanol–water partition coefficient (Wildman–Crippen LogP) is 3.38. The third kappa shape index (κ3) is 1.80. The largest absolute Gasteiger partial charge is 0.365 e. The van der Waals surface area contributed by atoms with Crippen LogP contribution in [0, 0.1) is 0 Å². The van der Waals surface area contributed by atoms with Gasteiger partial charge in [-0.25, -0.2) is 0 Å². The topological polar surface area (TPSA) is 37.8 Å². The van der Waals surface area contributed by atoms with Crippen molar-refractivity contribution in [2.75, 3.05) is 11.9 Å². The van der Waals surface area contributed by atoms with Crippen molar-refractivity contribution in [1.29, 1.82) is 0 Å². The van der Waals surface area contributed by atoms with Crippen LogP contribution in [0.2, 0.25) is 0 Å². The SMILES string of the molecule is C=CCNc1nncc2cc3ccccc3cc12. The molecule has 1 aromatic heterocycles. The average molecular weight is 235 g/mol. The van der Waals surface area contributed by atoms with Gasteiger partial charge in [-0.3, -0.25) is 0 Å². The quantitative estimate of drug-likeness (QED) is 0.558. The molecule has 3 heteroatoms. The first-order valence-corrected chi connectivity index (χ1v) is 5.87. The highest BCUT2D eigenvalue weighted by Gasteiger charge is 2.04. The van der Waals surface area contributed by atoms with Crippen LogP contribution in [0.1, 0.15) is 0 Å². The molecule has 0 radical (unpaired) electrons. The highest BCUT2D eigenvalue weighted by molar-refractivity contribution is 6.02. The maximum Gasteiger partial charge on any atom is 0.156 e. The molecule has 18 heavy (non-hydrogen) atoms. The van der Waals surface area contributed by atoms with E-state index in [4.69, 9.17) is 0 Å². The Hall–Kier alpha value is -2.42. The van der Waals surface area contributed by atoms with Crippen molar-refractivity contribution < 1.29 is 0 Å². The number of benzene rings is 2. The van der Waals surface area contributed by atoms with Crippen LogP contribution >= 0.6 is 0 Å². The lowest BCUT2D eigenvalue weighted by Gasteiger charge is -2.07. The Labute approximate surface area is 105 Å². The van der Waals surface area contributed by atoms with Crippen molar-refractivity contribution in [2.24, 2.45) is 0 Å². The Morgan fingerprint density at radius 1 is 1.11 bits per heavy atom. The molecule has 3 aromatic rings. The average Bonchev–Trinajstić information content (AvgIpc) is 2.43. The molecule has 0 aliphatic heterocycles. The highest BCUT2D eigenvalue weighted by atomic mass is 15.2. The summed E-state index contributed by atoms with van der Waals surface area (Å²) >= 11 is 0. The van der Waals surface area contributed by atoms with Crippen molar-refractivity contribution >= 4 is 27.4 Å². The zero-order valence-corrected chi connectivity index (χ0v) is 9.93. The summed E-state index contributed by atoms with van der Waals surface area (Å²) < 4.78 is 0. The molecule has 3 nitrogen and oxygen atoms in total. The molecule has 0 atom stereocenters. The van der Waals surface area contributed by atoms with E-state index in [1.807, 2.05) is 18.2 Å². The summed E-state index contributed by atoms with van der Waals surface area (Å²) in [5, 5.41) is 16.0. The van der Waals surface area contributed by atoms with Crippen LogP contribution in [-0.2, 0) is 0 Å². The van der Waals surface area contributed by atoms with Crippen LogP contribution < -0.4 is 5.32 Å². The van der Waals surface area contributed by atoms with E-state index < -0.39 is 0 Å². The van der Waals surface area contributed by atoms with E-state index in [1.165, 1.54) is 10.8 Å². The zero-order valence-electron chi connectivity index (χ0n) is 9.93. The minimum atomic E-state index is 0.681. The molecule has 3 rings (SSSR count). The summed E-state index contributed by atoms with van der Waals surface area (Å²) in [5.41, 5.74) is 0. The van der Waals surface area contributed by atoms with Crippen LogP contribution in [-0.4, -0.2) is 16.7 Å². The number of nitrogens with one attached hydrogen (secondary N) is 1. The van der Waals surface area contributed by atoms with Crippen LogP contribution in [0.15, 0.2) is 55.3 Å². The van der Waals surface area contributed by atoms with Gasteiger partial charge in [0.05, 0.1) is 6.20 Å². The van der Waals surface area contributed by atoms with Gasteiger partial charge in [-0.15, -0.1) is 11.7 Å². The molecule has 1 heterocycles. The Bertz CT molecular complexity index is 719. The molecule has 0 fully saturated rings. The summed E-state index contributed by atoms with van der Waals surface area (Å²) in [6, 6.07) is 12.6. The first-order chi connectivity index (χ1) is 8.88. The summed E-state index contributed by atoms with van der Waals surface area (Å²) in [6.45, 7) is 4.38. The fraction of sp³-hybridized carbons (Fsp3) is 0.0667. The smallest absolute Gasteiger partial charge is 0.156 e. The lowest BCUT2D eigenvalue weighted by molar-refractivity contribution is 1.04. The standard InChI is InChI=1S/C15H13N3/c1-2-7-16-15-14-9-12-6-4-3-5-11(12)8-13(14)10-17-18-15/h2-6,8-10H,1,7H2,(H,16,18). The molecular formula is C15H13N3. The minimum Gasteiger partial charge on any atom is -0.365 e. The summed E-state index contributed by atoms with van der Waals surface area (Å²) in [7, 11) is 0. The molecular weight excluding hydrogens is 222 g/mol. The number of anilines is 1. The van der Waals surface area contributed by atoms with Crippen LogP contribution in [0.25, 0.3) is 21.5 Å². The summed E-state index contributed by atoms with van der Waals surface area (Å²) in [5.74, 6) is 0.804. The van der Waals surface area contributed by atoms with Crippen molar-refractivity contribution in [3.05, 3.63) is 55.3 Å². The first kappa shape index (κ1) is 10.7. The van der Waals surface area contributed by atoms with E-state index in [9.17, 15) is 0 Å². The molecule has 0 bridgehead atoms. The summed E-state index contributed by atoms with van der Waals surface area (Å²) in [6.07, 6.45) is 3.60. The molecule has 0 aliphatic rings. The van der Waals surface area contributed by atoms with Crippen LogP contribution in [0.4, 0.5) is 5.82 Å². The van der Waals surface area contributed by atoms with E-state index in [0.717, 1.165) is 16.6 Å². The van der Waals surface area contributed by atoms with Gasteiger partial charge < -0.3 is 5.32 Å². The predicted molar refractivity (Wildman–Crippen MR) is 75.7 cm³/mol. The number of nitrogens with zero attached hydrogens (tertiary/aromatic N) is 2. The molecule has 0 saturated heterocycles. The maximum atomic E-state index is 4.14. The molecule has 0 amide bonds. The van der Waals surface area contributed by atoms with Gasteiger partial charge >= 0.3 is 0 Å². The number of hydrogen-bond donors (Lipinski definition) is 1. The van der Waals surface area contributed by atoms with Crippen LogP contribution in [0.3, 0.4) is 0 Å². The van der Waals surface area contributed by atoms with E-state index in [-0.39, 0.29) is 0 Å². The van der Waals surface area contributed by atoms with Gasteiger partial charge in [0.1, 0.15) is 0 Å². The number of rotatable bonds is 3. The molecule has 88 valence electrons. The van der Waals surface area contributed by atoms with Gasteiger partial charge in [0.15, 0.2) is 5.82 Å². The van der Waals surface area contributed by atoms with Gasteiger partial charge in [0.25, 0.3) is 0 Å². The Morgan fingerprint density at radius 3 is 2.67 bits per heavy atom. The monoisotopic (exact) mass is 235 g/mol. The maximum absolute atomic E-state index is 4.14. The van der Waals surface area contributed by atoms with Gasteiger partial charge in [0, 0.05) is 17.3 Å². The molecule has 0 spiro atoms. The van der Waals surface area contributed by atoms with Crippen molar-refractivity contribution in [1.82, 2.24) is 10.2 Å². The second-order valence-electron chi connectivity index (χ2n) is 4.15. The molecule has 1 N–H and O–H groups in total. The van der Waals surface area contributed by atoms with Crippen molar-refractivity contribution in [3.63, 3.8) is 0 Å². The van der Waals surface area contributed by atoms with E-state index >= 15 is 0 Å². The number of hydrogen-bond acceptors (Lipinski definition) is 3. The Morgan fingerprint density at radius 2 is 1.89 bits per heavy atom. The minimum absolute atomic E-state index is 0.681. The zero-order chi connectivity index (χ0) is 12.4. The van der Waals surface area contributed by atoms with E-state index in [1.54, 1.807) is 6.20 Å². The third-order valence-electron chi connectivity index (χ3n) is 2.94. The second kappa shape index (κ2) is 4.45. The van der Waals surface area contributed by atoms with Gasteiger partial charge in [-0.2, -0.15) is 5.10 Å². The van der Waals surface area contributed by atoms with E-state index in [0.29, 0.717) is 6.54 Å². The fourth-order valence-corrected chi connectivity index (χ4v) is 2.07. The van der Waals surface area contributed by atoms with Crippen LogP contribution in [0.5, 0.6) is 0 Å².